The van der Waals surface area contributed by atoms with Gasteiger partial charge in [-0.3, -0.25) is 9.59 Å². The second kappa shape index (κ2) is 12.3. The summed E-state index contributed by atoms with van der Waals surface area (Å²) in [6.45, 7) is 20.0. The highest BCUT2D eigenvalue weighted by molar-refractivity contribution is 6.06. The van der Waals surface area contributed by atoms with Crippen LogP contribution < -0.4 is 0 Å². The molecule has 2 aliphatic heterocycles. The van der Waals surface area contributed by atoms with Crippen LogP contribution in [0.1, 0.15) is 127 Å². The van der Waals surface area contributed by atoms with Crippen molar-refractivity contribution in [1.82, 2.24) is 14.7 Å². The fraction of sp³-hybridized carbons (Fsp3) is 0.744. The molecule has 4 atom stereocenters. The standard InChI is InChI=1S/C21H32N2O3.C18H27NO3/c1-20(2,3)26-19(25)23-17-14(15(18(23)24)12-22(6)7)11-13-9-8-10-21(4,5)16(13)17;1-17(2,3)22-16(21)19-13(20)10-12-9-11-7-6-8-18(4,5)14(11)15(12)19/h12,14,17H,8-11H2,1-7H3;12,15H,6-10H2,1-5H3/b15-12+;. The molecule has 48 heavy (non-hydrogen) atoms. The SMILES string of the molecule is CC(C)(C)OC(=O)N1C(=O)CC2CC3=C(C21)C(C)(C)CCC3.CN(C)/C=C1/C(=O)N(C(=O)OC(C)(C)C)C2C3=C(CCCC3(C)C)CC12. The van der Waals surface area contributed by atoms with Crippen molar-refractivity contribution < 1.29 is 28.7 Å². The van der Waals surface area contributed by atoms with Crippen molar-refractivity contribution in [2.75, 3.05) is 14.1 Å². The number of carbonyl (C=O) groups excluding carboxylic acids is 4. The monoisotopic (exact) mass is 665 g/mol. The quantitative estimate of drug-likeness (QED) is 0.206. The molecule has 9 heteroatoms. The number of hydrogen-bond acceptors (Lipinski definition) is 7. The lowest BCUT2D eigenvalue weighted by Crippen LogP contribution is -2.45. The minimum absolute atomic E-state index is 0.0150. The zero-order valence-corrected chi connectivity index (χ0v) is 31.5. The Morgan fingerprint density at radius 3 is 1.73 bits per heavy atom. The van der Waals surface area contributed by atoms with Crippen molar-refractivity contribution in [2.45, 2.75) is 150 Å². The summed E-state index contributed by atoms with van der Waals surface area (Å²) in [5, 5.41) is 0. The molecule has 0 radical (unpaired) electrons. The molecule has 0 aromatic rings. The maximum absolute atomic E-state index is 13.2. The highest BCUT2D eigenvalue weighted by atomic mass is 16.6. The zero-order valence-electron chi connectivity index (χ0n) is 31.5. The first-order chi connectivity index (χ1) is 22.0. The molecule has 266 valence electrons. The molecule has 0 spiro atoms. The predicted octanol–water partition coefficient (Wildman–Crippen LogP) is 8.15. The first-order valence-corrected chi connectivity index (χ1v) is 18.0. The van der Waals surface area contributed by atoms with Crippen LogP contribution in [0.25, 0.3) is 0 Å². The predicted molar refractivity (Wildman–Crippen MR) is 186 cm³/mol. The highest BCUT2D eigenvalue weighted by Gasteiger charge is 2.57. The summed E-state index contributed by atoms with van der Waals surface area (Å²) in [7, 11) is 3.83. The Morgan fingerprint density at radius 2 is 1.23 bits per heavy atom. The number of ether oxygens (including phenoxy) is 2. The summed E-state index contributed by atoms with van der Waals surface area (Å²) in [6.07, 6.45) is 10.1. The van der Waals surface area contributed by atoms with Crippen molar-refractivity contribution >= 4 is 24.0 Å². The average Bonchev–Trinajstić information content (AvgIpc) is 3.60. The lowest BCUT2D eigenvalue weighted by Gasteiger charge is -2.38. The molecule has 2 fully saturated rings. The first-order valence-electron chi connectivity index (χ1n) is 18.0. The Balaban J connectivity index is 0.000000190. The molecule has 4 amide bonds. The maximum Gasteiger partial charge on any atom is 0.417 e. The smallest absolute Gasteiger partial charge is 0.417 e. The van der Waals surface area contributed by atoms with E-state index in [1.54, 1.807) is 0 Å². The van der Waals surface area contributed by atoms with E-state index in [4.69, 9.17) is 9.47 Å². The number of allylic oxidation sites excluding steroid dienone is 2. The van der Waals surface area contributed by atoms with E-state index >= 15 is 0 Å². The van der Waals surface area contributed by atoms with Gasteiger partial charge in [-0.25, -0.2) is 19.4 Å². The Bertz CT molecular complexity index is 1470. The van der Waals surface area contributed by atoms with Crippen molar-refractivity contribution in [3.8, 4) is 0 Å². The summed E-state index contributed by atoms with van der Waals surface area (Å²) in [5.74, 6) is 0.0511. The van der Waals surface area contributed by atoms with E-state index in [2.05, 4.69) is 27.7 Å². The molecule has 0 aromatic heterocycles. The minimum Gasteiger partial charge on any atom is -0.443 e. The van der Waals surface area contributed by atoms with Crippen LogP contribution in [-0.2, 0) is 19.1 Å². The normalized spacial score (nSPS) is 29.7. The van der Waals surface area contributed by atoms with Gasteiger partial charge in [0.2, 0.25) is 5.91 Å². The number of likely N-dealkylation sites (tertiary alicyclic amines) is 2. The highest BCUT2D eigenvalue weighted by Crippen LogP contribution is 2.56. The van der Waals surface area contributed by atoms with E-state index in [9.17, 15) is 19.2 Å². The van der Waals surface area contributed by atoms with Gasteiger partial charge < -0.3 is 14.4 Å². The van der Waals surface area contributed by atoms with E-state index in [0.717, 1.165) is 44.1 Å². The van der Waals surface area contributed by atoms with Gasteiger partial charge in [-0.15, -0.1) is 0 Å². The Kier molecular flexibility index (Phi) is 9.31. The molecular weight excluding hydrogens is 606 g/mol. The average molecular weight is 666 g/mol. The van der Waals surface area contributed by atoms with Gasteiger partial charge in [0.15, 0.2) is 0 Å². The molecule has 0 bridgehead atoms. The van der Waals surface area contributed by atoms with Gasteiger partial charge >= 0.3 is 12.2 Å². The van der Waals surface area contributed by atoms with E-state index in [-0.39, 0.29) is 46.6 Å². The molecule has 4 unspecified atom stereocenters. The van der Waals surface area contributed by atoms with Crippen LogP contribution in [0.4, 0.5) is 9.59 Å². The molecule has 6 aliphatic rings. The number of nitrogens with zero attached hydrogens (tertiary/aromatic N) is 3. The molecule has 9 nitrogen and oxygen atoms in total. The summed E-state index contributed by atoms with van der Waals surface area (Å²) in [5.41, 5.74) is 5.21. The Hall–Kier alpha value is -3.10. The Morgan fingerprint density at radius 1 is 0.750 bits per heavy atom. The van der Waals surface area contributed by atoms with Crippen molar-refractivity contribution in [2.24, 2.45) is 22.7 Å². The topological polar surface area (TPSA) is 96.5 Å². The molecule has 6 rings (SSSR count). The van der Waals surface area contributed by atoms with Crippen molar-refractivity contribution in [3.05, 3.63) is 34.1 Å². The number of fused-ring (bicyclic) bond motifs is 4. The lowest BCUT2D eigenvalue weighted by molar-refractivity contribution is -0.128. The van der Waals surface area contributed by atoms with Crippen LogP contribution in [0.3, 0.4) is 0 Å². The van der Waals surface area contributed by atoms with E-state index in [1.807, 2.05) is 66.7 Å². The summed E-state index contributed by atoms with van der Waals surface area (Å²) >= 11 is 0. The number of carbonyl (C=O) groups is 4. The molecule has 0 aromatic carbocycles. The van der Waals surface area contributed by atoms with Gasteiger partial charge in [-0.05, 0) is 121 Å². The second-order valence-corrected chi connectivity index (χ2v) is 18.3. The van der Waals surface area contributed by atoms with Gasteiger partial charge in [-0.2, -0.15) is 0 Å². The zero-order chi connectivity index (χ0) is 35.7. The van der Waals surface area contributed by atoms with Crippen LogP contribution in [0.2, 0.25) is 0 Å². The van der Waals surface area contributed by atoms with Gasteiger partial charge in [0.1, 0.15) is 11.2 Å². The summed E-state index contributed by atoms with van der Waals surface area (Å²) in [4.78, 5) is 55.8. The number of hydrogen-bond donors (Lipinski definition) is 0. The van der Waals surface area contributed by atoms with Crippen LogP contribution >= 0.6 is 0 Å². The van der Waals surface area contributed by atoms with Gasteiger partial charge in [-0.1, -0.05) is 38.8 Å². The fourth-order valence-corrected chi connectivity index (χ4v) is 9.35. The number of rotatable bonds is 1. The largest absolute Gasteiger partial charge is 0.443 e. The fourth-order valence-electron chi connectivity index (χ4n) is 9.35. The molecule has 0 N–H and O–H groups in total. The lowest BCUT2D eigenvalue weighted by atomic mass is 9.72. The van der Waals surface area contributed by atoms with Gasteiger partial charge in [0, 0.05) is 38.2 Å². The van der Waals surface area contributed by atoms with E-state index in [1.165, 1.54) is 44.9 Å². The van der Waals surface area contributed by atoms with Crippen LogP contribution in [-0.4, -0.2) is 76.1 Å². The third-order valence-corrected chi connectivity index (χ3v) is 10.9. The molecule has 2 saturated heterocycles. The third kappa shape index (κ3) is 6.84. The van der Waals surface area contributed by atoms with Crippen LogP contribution in [0.15, 0.2) is 34.1 Å². The third-order valence-electron chi connectivity index (χ3n) is 10.9. The number of amides is 4. The van der Waals surface area contributed by atoms with Crippen molar-refractivity contribution in [3.63, 3.8) is 0 Å². The van der Waals surface area contributed by atoms with Crippen LogP contribution in [0.5, 0.6) is 0 Å². The van der Waals surface area contributed by atoms with Crippen LogP contribution in [0, 0.1) is 22.7 Å². The van der Waals surface area contributed by atoms with Gasteiger partial charge in [0.25, 0.3) is 5.91 Å². The van der Waals surface area contributed by atoms with E-state index in [0.29, 0.717) is 6.42 Å². The van der Waals surface area contributed by atoms with Gasteiger partial charge in [0.05, 0.1) is 12.1 Å². The number of imide groups is 2. The molecular formula is C39H59N3O6. The molecule has 4 aliphatic carbocycles. The molecule has 0 saturated carbocycles. The Labute approximate surface area is 288 Å². The minimum atomic E-state index is -0.626. The summed E-state index contributed by atoms with van der Waals surface area (Å²) < 4.78 is 11.1. The maximum atomic E-state index is 13.2. The van der Waals surface area contributed by atoms with E-state index < -0.39 is 23.4 Å². The second-order valence-electron chi connectivity index (χ2n) is 18.3. The molecule has 2 heterocycles. The van der Waals surface area contributed by atoms with Crippen molar-refractivity contribution in [1.29, 1.82) is 0 Å². The first kappa shape index (κ1) is 36.2. The summed E-state index contributed by atoms with van der Waals surface area (Å²) in [6, 6.07) is -0.249.